The number of anilines is 2. The number of carbonyl (C=O) groups is 1. The molecule has 0 bridgehead atoms. The summed E-state index contributed by atoms with van der Waals surface area (Å²) < 4.78 is 5.54. The molecule has 0 aliphatic carbocycles. The van der Waals surface area contributed by atoms with Crippen molar-refractivity contribution < 1.29 is 9.53 Å². The minimum atomic E-state index is -0.421. The second-order valence-electron chi connectivity index (χ2n) is 7.11. The van der Waals surface area contributed by atoms with Gasteiger partial charge >= 0.3 is 0 Å². The van der Waals surface area contributed by atoms with Crippen LogP contribution in [0.5, 0.6) is 5.75 Å². The monoisotopic (exact) mass is 389 g/mol. The lowest BCUT2D eigenvalue weighted by Gasteiger charge is -2.29. The lowest BCUT2D eigenvalue weighted by Crippen LogP contribution is -2.29. The standard InChI is InChI=1S/C24H27N3O2/c1-3-18-9-5-6-10-22(18)26-24(28)20(17-25)15-19-11-12-21(16-23(19)29-2)27-13-7-4-8-14-27/h5-6,9-12,15-16H,3-4,7-8,13-14H2,1-2H3,(H,26,28)/b20-15-. The van der Waals surface area contributed by atoms with Crippen molar-refractivity contribution in [3.8, 4) is 11.8 Å². The van der Waals surface area contributed by atoms with Gasteiger partial charge in [0.25, 0.3) is 5.91 Å². The SMILES string of the molecule is CCc1ccccc1NC(=O)/C(C#N)=C\c1ccc(N2CCCCC2)cc1OC. The van der Waals surface area contributed by atoms with Crippen LogP contribution in [0.15, 0.2) is 48.0 Å². The molecule has 29 heavy (non-hydrogen) atoms. The van der Waals surface area contributed by atoms with Crippen molar-refractivity contribution in [2.45, 2.75) is 32.6 Å². The molecule has 0 spiro atoms. The van der Waals surface area contributed by atoms with Gasteiger partial charge < -0.3 is 15.0 Å². The number of amides is 1. The number of aryl methyl sites for hydroxylation is 1. The van der Waals surface area contributed by atoms with Crippen LogP contribution in [-0.4, -0.2) is 26.1 Å². The highest BCUT2D eigenvalue weighted by Gasteiger charge is 2.15. The second-order valence-corrected chi connectivity index (χ2v) is 7.11. The Kier molecular flexibility index (Phi) is 6.91. The Morgan fingerprint density at radius 1 is 1.21 bits per heavy atom. The number of rotatable bonds is 6. The lowest BCUT2D eigenvalue weighted by atomic mass is 10.1. The van der Waals surface area contributed by atoms with Gasteiger partial charge in [0.15, 0.2) is 0 Å². The van der Waals surface area contributed by atoms with Crippen molar-refractivity contribution >= 4 is 23.4 Å². The van der Waals surface area contributed by atoms with Gasteiger partial charge in [0.1, 0.15) is 17.4 Å². The number of ether oxygens (including phenoxy) is 1. The molecule has 150 valence electrons. The van der Waals surface area contributed by atoms with E-state index in [1.807, 2.05) is 55.5 Å². The molecule has 1 saturated heterocycles. The molecule has 1 amide bonds. The van der Waals surface area contributed by atoms with Gasteiger partial charge in [-0.2, -0.15) is 5.26 Å². The average molecular weight is 389 g/mol. The molecule has 1 heterocycles. The Bertz CT molecular complexity index is 937. The van der Waals surface area contributed by atoms with E-state index in [0.29, 0.717) is 11.3 Å². The molecule has 1 N–H and O–H groups in total. The maximum absolute atomic E-state index is 12.7. The van der Waals surface area contributed by atoms with Gasteiger partial charge in [0.05, 0.1) is 7.11 Å². The highest BCUT2D eigenvalue weighted by molar-refractivity contribution is 6.10. The van der Waals surface area contributed by atoms with E-state index < -0.39 is 5.91 Å². The first-order chi connectivity index (χ1) is 14.2. The fourth-order valence-electron chi connectivity index (χ4n) is 3.61. The minimum Gasteiger partial charge on any atom is -0.496 e. The summed E-state index contributed by atoms with van der Waals surface area (Å²) in [6, 6.07) is 15.6. The van der Waals surface area contributed by atoms with Gasteiger partial charge in [0.2, 0.25) is 0 Å². The highest BCUT2D eigenvalue weighted by atomic mass is 16.5. The number of piperidine rings is 1. The summed E-state index contributed by atoms with van der Waals surface area (Å²) in [4.78, 5) is 15.0. The zero-order valence-electron chi connectivity index (χ0n) is 17.1. The third kappa shape index (κ3) is 4.97. The van der Waals surface area contributed by atoms with E-state index in [2.05, 4.69) is 10.2 Å². The van der Waals surface area contributed by atoms with Crippen LogP contribution in [0.3, 0.4) is 0 Å². The van der Waals surface area contributed by atoms with Crippen LogP contribution in [0.1, 0.15) is 37.3 Å². The Hall–Kier alpha value is -3.26. The van der Waals surface area contributed by atoms with Crippen LogP contribution >= 0.6 is 0 Å². The zero-order chi connectivity index (χ0) is 20.6. The van der Waals surface area contributed by atoms with Gasteiger partial charge in [-0.05, 0) is 55.5 Å². The van der Waals surface area contributed by atoms with Crippen LogP contribution in [0, 0.1) is 11.3 Å². The Morgan fingerprint density at radius 2 is 1.97 bits per heavy atom. The minimum absolute atomic E-state index is 0.0416. The Balaban J connectivity index is 1.84. The van der Waals surface area contributed by atoms with Crippen molar-refractivity contribution in [2.24, 2.45) is 0 Å². The fraction of sp³-hybridized carbons (Fsp3) is 0.333. The van der Waals surface area contributed by atoms with Gasteiger partial charge in [-0.1, -0.05) is 25.1 Å². The van der Waals surface area contributed by atoms with E-state index in [1.165, 1.54) is 19.3 Å². The van der Waals surface area contributed by atoms with E-state index in [9.17, 15) is 10.1 Å². The van der Waals surface area contributed by atoms with E-state index in [-0.39, 0.29) is 5.57 Å². The second kappa shape index (κ2) is 9.79. The third-order valence-corrected chi connectivity index (χ3v) is 5.25. The predicted molar refractivity (Wildman–Crippen MR) is 117 cm³/mol. The summed E-state index contributed by atoms with van der Waals surface area (Å²) in [5.41, 5.74) is 3.62. The van der Waals surface area contributed by atoms with Gasteiger partial charge in [-0.15, -0.1) is 0 Å². The predicted octanol–water partition coefficient (Wildman–Crippen LogP) is 4.79. The largest absolute Gasteiger partial charge is 0.496 e. The molecule has 0 atom stereocenters. The topological polar surface area (TPSA) is 65.4 Å². The molecular formula is C24H27N3O2. The number of hydrogen-bond donors (Lipinski definition) is 1. The molecule has 0 saturated carbocycles. The number of carbonyl (C=O) groups excluding carboxylic acids is 1. The molecule has 0 unspecified atom stereocenters. The van der Waals surface area contributed by atoms with Crippen LogP contribution < -0.4 is 15.0 Å². The first-order valence-corrected chi connectivity index (χ1v) is 10.1. The molecule has 1 aliphatic heterocycles. The van der Waals surface area contributed by atoms with Crippen molar-refractivity contribution in [1.29, 1.82) is 5.26 Å². The Morgan fingerprint density at radius 3 is 2.66 bits per heavy atom. The summed E-state index contributed by atoms with van der Waals surface area (Å²) in [6.45, 7) is 4.11. The number of nitrogens with zero attached hydrogens (tertiary/aromatic N) is 2. The Labute approximate surface area is 172 Å². The maximum Gasteiger partial charge on any atom is 0.266 e. The van der Waals surface area contributed by atoms with Crippen molar-refractivity contribution in [2.75, 3.05) is 30.4 Å². The molecule has 0 aromatic heterocycles. The van der Waals surface area contributed by atoms with Crippen LogP contribution in [0.2, 0.25) is 0 Å². The van der Waals surface area contributed by atoms with Crippen LogP contribution in [0.4, 0.5) is 11.4 Å². The zero-order valence-corrected chi connectivity index (χ0v) is 17.1. The number of benzene rings is 2. The number of hydrogen-bond acceptors (Lipinski definition) is 4. The summed E-state index contributed by atoms with van der Waals surface area (Å²) in [5, 5.41) is 12.4. The van der Waals surface area contributed by atoms with E-state index in [0.717, 1.165) is 36.4 Å². The number of nitriles is 1. The van der Waals surface area contributed by atoms with E-state index >= 15 is 0 Å². The normalized spacial score (nSPS) is 14.2. The molecule has 2 aromatic rings. The summed E-state index contributed by atoms with van der Waals surface area (Å²) in [7, 11) is 1.61. The van der Waals surface area contributed by atoms with Crippen molar-refractivity contribution in [3.05, 3.63) is 59.2 Å². The average Bonchev–Trinajstić information content (AvgIpc) is 2.78. The first kappa shape index (κ1) is 20.5. The quantitative estimate of drug-likeness (QED) is 0.570. The molecule has 5 nitrogen and oxygen atoms in total. The fourth-order valence-corrected chi connectivity index (χ4v) is 3.61. The van der Waals surface area contributed by atoms with Gasteiger partial charge in [0, 0.05) is 36.1 Å². The van der Waals surface area contributed by atoms with Crippen LogP contribution in [-0.2, 0) is 11.2 Å². The summed E-state index contributed by atoms with van der Waals surface area (Å²) in [6.07, 6.45) is 6.05. The number of methoxy groups -OCH3 is 1. The molecule has 5 heteroatoms. The summed E-state index contributed by atoms with van der Waals surface area (Å²) in [5.74, 6) is 0.234. The first-order valence-electron chi connectivity index (χ1n) is 10.1. The van der Waals surface area contributed by atoms with E-state index in [4.69, 9.17) is 4.74 Å². The third-order valence-electron chi connectivity index (χ3n) is 5.25. The molecule has 3 rings (SSSR count). The molecule has 1 fully saturated rings. The lowest BCUT2D eigenvalue weighted by molar-refractivity contribution is -0.112. The highest BCUT2D eigenvalue weighted by Crippen LogP contribution is 2.29. The number of para-hydroxylation sites is 1. The van der Waals surface area contributed by atoms with Crippen molar-refractivity contribution in [3.63, 3.8) is 0 Å². The number of nitrogens with one attached hydrogen (secondary N) is 1. The molecule has 2 aromatic carbocycles. The smallest absolute Gasteiger partial charge is 0.266 e. The molecule has 0 radical (unpaired) electrons. The van der Waals surface area contributed by atoms with Crippen LogP contribution in [0.25, 0.3) is 6.08 Å². The van der Waals surface area contributed by atoms with E-state index in [1.54, 1.807) is 13.2 Å². The molecular weight excluding hydrogens is 362 g/mol. The summed E-state index contributed by atoms with van der Waals surface area (Å²) >= 11 is 0. The molecule has 1 aliphatic rings. The van der Waals surface area contributed by atoms with Gasteiger partial charge in [-0.25, -0.2) is 0 Å². The maximum atomic E-state index is 12.7. The van der Waals surface area contributed by atoms with Crippen molar-refractivity contribution in [1.82, 2.24) is 0 Å². The van der Waals surface area contributed by atoms with Gasteiger partial charge in [-0.3, -0.25) is 4.79 Å².